The lowest BCUT2D eigenvalue weighted by Gasteiger charge is -2.32. The minimum atomic E-state index is -0.451. The number of aromatic nitrogens is 2. The quantitative estimate of drug-likeness (QED) is 0.212. The van der Waals surface area contributed by atoms with E-state index in [0.717, 1.165) is 16.8 Å². The SMILES string of the molecule is CCC(c1nc2ccccc2c(=O)n1-c1cccc(C)c1)N(CCc1ccccc1)C(=O)COc1ccccc1. The third-order valence-electron chi connectivity index (χ3n) is 7.03. The van der Waals surface area contributed by atoms with E-state index in [9.17, 15) is 9.59 Å². The molecule has 0 fully saturated rings. The second-order valence-corrected chi connectivity index (χ2v) is 9.82. The molecule has 1 heterocycles. The Hall–Kier alpha value is -4.71. The summed E-state index contributed by atoms with van der Waals surface area (Å²) in [6.45, 7) is 4.36. The molecule has 4 aromatic carbocycles. The van der Waals surface area contributed by atoms with Gasteiger partial charge in [-0.3, -0.25) is 14.2 Å². The molecule has 1 atom stereocenters. The maximum atomic E-state index is 14.0. The van der Waals surface area contributed by atoms with Gasteiger partial charge in [-0.05, 0) is 67.3 Å². The lowest BCUT2D eigenvalue weighted by molar-refractivity contribution is -0.136. The molecule has 0 aliphatic heterocycles. The highest BCUT2D eigenvalue weighted by molar-refractivity contribution is 5.79. The number of benzene rings is 4. The molecule has 5 aromatic rings. The molecule has 40 heavy (non-hydrogen) atoms. The molecule has 1 aromatic heterocycles. The first-order chi connectivity index (χ1) is 19.5. The van der Waals surface area contributed by atoms with Crippen LogP contribution in [0.15, 0.2) is 114 Å². The van der Waals surface area contributed by atoms with Crippen molar-refractivity contribution in [3.8, 4) is 11.4 Å². The predicted octanol–water partition coefficient (Wildman–Crippen LogP) is 6.30. The number of carbonyl (C=O) groups is 1. The Labute approximate surface area is 234 Å². The molecule has 0 bridgehead atoms. The third kappa shape index (κ3) is 5.96. The van der Waals surface area contributed by atoms with E-state index in [0.29, 0.717) is 41.9 Å². The number of hydrogen-bond donors (Lipinski definition) is 0. The molecule has 6 heteroatoms. The van der Waals surface area contributed by atoms with E-state index in [1.165, 1.54) is 0 Å². The first-order valence-corrected chi connectivity index (χ1v) is 13.6. The van der Waals surface area contributed by atoms with E-state index >= 15 is 0 Å². The summed E-state index contributed by atoms with van der Waals surface area (Å²) >= 11 is 0. The fraction of sp³-hybridized carbons (Fsp3) is 0.206. The van der Waals surface area contributed by atoms with Crippen molar-refractivity contribution in [2.75, 3.05) is 13.2 Å². The van der Waals surface area contributed by atoms with Gasteiger partial charge in [0.2, 0.25) is 0 Å². The van der Waals surface area contributed by atoms with Gasteiger partial charge in [0.25, 0.3) is 11.5 Å². The fourth-order valence-corrected chi connectivity index (χ4v) is 5.03. The van der Waals surface area contributed by atoms with Gasteiger partial charge in [0, 0.05) is 6.54 Å². The largest absolute Gasteiger partial charge is 0.484 e. The first kappa shape index (κ1) is 26.9. The van der Waals surface area contributed by atoms with Crippen LogP contribution in [-0.2, 0) is 11.2 Å². The van der Waals surface area contributed by atoms with Crippen molar-refractivity contribution in [3.63, 3.8) is 0 Å². The number of para-hydroxylation sites is 2. The molecule has 0 radical (unpaired) electrons. The molecule has 0 spiro atoms. The fourth-order valence-electron chi connectivity index (χ4n) is 5.03. The summed E-state index contributed by atoms with van der Waals surface area (Å²) in [4.78, 5) is 34.6. The predicted molar refractivity (Wildman–Crippen MR) is 159 cm³/mol. The average Bonchev–Trinajstić information content (AvgIpc) is 2.99. The van der Waals surface area contributed by atoms with Crippen LogP contribution in [0.4, 0.5) is 0 Å². The molecule has 0 saturated heterocycles. The molecular weight excluding hydrogens is 498 g/mol. The number of hydrogen-bond acceptors (Lipinski definition) is 4. The van der Waals surface area contributed by atoms with Crippen molar-refractivity contribution in [2.45, 2.75) is 32.7 Å². The van der Waals surface area contributed by atoms with Gasteiger partial charge < -0.3 is 9.64 Å². The smallest absolute Gasteiger partial charge is 0.266 e. The maximum Gasteiger partial charge on any atom is 0.266 e. The van der Waals surface area contributed by atoms with Gasteiger partial charge in [-0.2, -0.15) is 0 Å². The zero-order chi connectivity index (χ0) is 27.9. The van der Waals surface area contributed by atoms with E-state index in [-0.39, 0.29) is 18.1 Å². The van der Waals surface area contributed by atoms with Crippen LogP contribution >= 0.6 is 0 Å². The number of amides is 1. The summed E-state index contributed by atoms with van der Waals surface area (Å²) in [5.74, 6) is 1.01. The summed E-state index contributed by atoms with van der Waals surface area (Å²) in [6, 6.07) is 34.2. The molecule has 6 nitrogen and oxygen atoms in total. The Kier molecular flexibility index (Phi) is 8.35. The summed E-state index contributed by atoms with van der Waals surface area (Å²) in [5.41, 5.74) is 3.35. The normalized spacial score (nSPS) is 11.8. The maximum absolute atomic E-state index is 14.0. The Morgan fingerprint density at radius 3 is 2.33 bits per heavy atom. The summed E-state index contributed by atoms with van der Waals surface area (Å²) in [5, 5.41) is 0.539. The van der Waals surface area contributed by atoms with E-state index in [1.54, 1.807) is 10.6 Å². The Balaban J connectivity index is 1.60. The number of carbonyl (C=O) groups excluding carboxylic acids is 1. The molecule has 0 saturated carbocycles. The van der Waals surface area contributed by atoms with Gasteiger partial charge in [-0.25, -0.2) is 4.98 Å². The molecule has 5 rings (SSSR count). The van der Waals surface area contributed by atoms with E-state index in [4.69, 9.17) is 9.72 Å². The summed E-state index contributed by atoms with van der Waals surface area (Å²) in [7, 11) is 0. The molecule has 1 amide bonds. The van der Waals surface area contributed by atoms with Crippen LogP contribution in [0.1, 0.15) is 36.3 Å². The zero-order valence-electron chi connectivity index (χ0n) is 22.9. The van der Waals surface area contributed by atoms with Crippen molar-refractivity contribution in [3.05, 3.63) is 136 Å². The van der Waals surface area contributed by atoms with Crippen LogP contribution in [-0.4, -0.2) is 33.5 Å². The second-order valence-electron chi connectivity index (χ2n) is 9.82. The van der Waals surface area contributed by atoms with E-state index < -0.39 is 6.04 Å². The van der Waals surface area contributed by atoms with E-state index in [2.05, 4.69) is 12.1 Å². The summed E-state index contributed by atoms with van der Waals surface area (Å²) in [6.07, 6.45) is 1.24. The highest BCUT2D eigenvalue weighted by atomic mass is 16.5. The number of ether oxygens (including phenoxy) is 1. The number of rotatable bonds is 10. The topological polar surface area (TPSA) is 64.4 Å². The zero-order valence-corrected chi connectivity index (χ0v) is 22.9. The molecule has 1 unspecified atom stereocenters. The van der Waals surface area contributed by atoms with Gasteiger partial charge in [0.15, 0.2) is 6.61 Å². The monoisotopic (exact) mass is 531 g/mol. The number of aryl methyl sites for hydroxylation is 1. The average molecular weight is 532 g/mol. The van der Waals surface area contributed by atoms with Crippen molar-refractivity contribution in [2.24, 2.45) is 0 Å². The van der Waals surface area contributed by atoms with Crippen LogP contribution in [0.2, 0.25) is 0 Å². The van der Waals surface area contributed by atoms with Crippen LogP contribution in [0.3, 0.4) is 0 Å². The van der Waals surface area contributed by atoms with Crippen molar-refractivity contribution in [1.82, 2.24) is 14.5 Å². The highest BCUT2D eigenvalue weighted by Crippen LogP contribution is 2.27. The van der Waals surface area contributed by atoms with Gasteiger partial charge >= 0.3 is 0 Å². The van der Waals surface area contributed by atoms with Gasteiger partial charge in [-0.15, -0.1) is 0 Å². The molecule has 202 valence electrons. The lowest BCUT2D eigenvalue weighted by atomic mass is 10.1. The second kappa shape index (κ2) is 12.4. The Bertz CT molecular complexity index is 1650. The minimum absolute atomic E-state index is 0.114. The number of nitrogens with zero attached hydrogens (tertiary/aromatic N) is 3. The molecule has 0 aliphatic carbocycles. The standard InChI is InChI=1S/C34H33N3O3/c1-3-31(33-35-30-20-11-10-19-29(30)34(39)37(33)27-16-12-13-25(2)23-27)36(22-21-26-14-6-4-7-15-26)32(38)24-40-28-17-8-5-9-18-28/h4-20,23,31H,3,21-22,24H2,1-2H3. The molecule has 0 aliphatic rings. The number of fused-ring (bicyclic) bond motifs is 1. The lowest BCUT2D eigenvalue weighted by Crippen LogP contribution is -2.42. The minimum Gasteiger partial charge on any atom is -0.484 e. The van der Waals surface area contributed by atoms with Crippen LogP contribution in [0.25, 0.3) is 16.6 Å². The van der Waals surface area contributed by atoms with Gasteiger partial charge in [0.05, 0.1) is 22.6 Å². The van der Waals surface area contributed by atoms with Crippen molar-refractivity contribution < 1.29 is 9.53 Å². The van der Waals surface area contributed by atoms with Crippen molar-refractivity contribution in [1.29, 1.82) is 0 Å². The molecular formula is C34H33N3O3. The van der Waals surface area contributed by atoms with Gasteiger partial charge in [-0.1, -0.05) is 79.7 Å². The highest BCUT2D eigenvalue weighted by Gasteiger charge is 2.29. The van der Waals surface area contributed by atoms with Crippen LogP contribution in [0.5, 0.6) is 5.75 Å². The Morgan fingerprint density at radius 2 is 1.60 bits per heavy atom. The van der Waals surface area contributed by atoms with Gasteiger partial charge in [0.1, 0.15) is 11.6 Å². The van der Waals surface area contributed by atoms with E-state index in [1.807, 2.05) is 110 Å². The van der Waals surface area contributed by atoms with Crippen LogP contribution < -0.4 is 10.3 Å². The van der Waals surface area contributed by atoms with Crippen molar-refractivity contribution >= 4 is 16.8 Å². The first-order valence-electron chi connectivity index (χ1n) is 13.6. The Morgan fingerprint density at radius 1 is 0.900 bits per heavy atom. The summed E-state index contributed by atoms with van der Waals surface area (Å²) < 4.78 is 7.55. The molecule has 0 N–H and O–H groups in total. The van der Waals surface area contributed by atoms with Crippen LogP contribution in [0, 0.1) is 6.92 Å². The third-order valence-corrected chi connectivity index (χ3v) is 7.03.